The van der Waals surface area contributed by atoms with E-state index in [9.17, 15) is 4.79 Å². The van der Waals surface area contributed by atoms with Crippen LogP contribution in [0, 0.1) is 5.92 Å². The summed E-state index contributed by atoms with van der Waals surface area (Å²) in [6, 6.07) is 16.2. The van der Waals surface area contributed by atoms with Gasteiger partial charge in [0.2, 0.25) is 0 Å². The lowest BCUT2D eigenvalue weighted by atomic mass is 9.77. The first-order chi connectivity index (χ1) is 16.5. The van der Waals surface area contributed by atoms with Crippen molar-refractivity contribution in [1.29, 1.82) is 0 Å². The fourth-order valence-corrected chi connectivity index (χ4v) is 5.85. The third kappa shape index (κ3) is 4.95. The molecule has 0 radical (unpaired) electrons. The average molecular weight is 496 g/mol. The Labute approximate surface area is 212 Å². The van der Waals surface area contributed by atoms with E-state index >= 15 is 0 Å². The summed E-state index contributed by atoms with van der Waals surface area (Å²) in [6.45, 7) is 3.63. The summed E-state index contributed by atoms with van der Waals surface area (Å²) in [5.74, 6) is 0.276. The summed E-state index contributed by atoms with van der Waals surface area (Å²) >= 11 is 12.3. The van der Waals surface area contributed by atoms with Crippen LogP contribution in [0.4, 0.5) is 0 Å². The van der Waals surface area contributed by atoms with Gasteiger partial charge in [-0.2, -0.15) is 5.10 Å². The zero-order valence-electron chi connectivity index (χ0n) is 19.6. The summed E-state index contributed by atoms with van der Waals surface area (Å²) < 4.78 is 0. The Hall–Kier alpha value is -2.14. The lowest BCUT2D eigenvalue weighted by Gasteiger charge is -2.35. The summed E-state index contributed by atoms with van der Waals surface area (Å²) in [7, 11) is 0. The van der Waals surface area contributed by atoms with Crippen LogP contribution in [0.15, 0.2) is 59.2 Å². The average Bonchev–Trinajstić information content (AvgIpc) is 3.23. The van der Waals surface area contributed by atoms with Crippen molar-refractivity contribution in [3.05, 3.63) is 75.3 Å². The van der Waals surface area contributed by atoms with Gasteiger partial charge >= 0.3 is 0 Å². The van der Waals surface area contributed by atoms with Crippen molar-refractivity contribution < 1.29 is 4.79 Å². The van der Waals surface area contributed by atoms with E-state index in [0.29, 0.717) is 17.6 Å². The normalized spacial score (nSPS) is 26.4. The van der Waals surface area contributed by atoms with Gasteiger partial charge in [0.1, 0.15) is 0 Å². The summed E-state index contributed by atoms with van der Waals surface area (Å²) in [5.41, 5.74) is 4.49. The number of hydrogen-bond donors (Lipinski definition) is 0. The topological polar surface area (TPSA) is 35.9 Å². The van der Waals surface area contributed by atoms with Crippen LogP contribution in [0.3, 0.4) is 0 Å². The minimum Gasteiger partial charge on any atom is -0.292 e. The largest absolute Gasteiger partial charge is 0.292 e. The zero-order chi connectivity index (χ0) is 23.7. The first kappa shape index (κ1) is 23.6. The molecule has 1 amide bonds. The number of amides is 1. The highest BCUT2D eigenvalue weighted by Crippen LogP contribution is 2.44. The van der Waals surface area contributed by atoms with Crippen LogP contribution in [-0.4, -0.2) is 40.7 Å². The molecule has 1 aliphatic carbocycles. The molecule has 2 aromatic rings. The predicted molar refractivity (Wildman–Crippen MR) is 140 cm³/mol. The van der Waals surface area contributed by atoms with Crippen LogP contribution >= 0.6 is 23.2 Å². The number of nitrogens with zero attached hydrogens (tertiary/aromatic N) is 3. The Balaban J connectivity index is 1.48. The number of rotatable bonds is 4. The molecule has 0 N–H and O–H groups in total. The van der Waals surface area contributed by atoms with Crippen molar-refractivity contribution in [3.63, 3.8) is 0 Å². The van der Waals surface area contributed by atoms with E-state index in [4.69, 9.17) is 28.3 Å². The van der Waals surface area contributed by atoms with Crippen molar-refractivity contribution in [2.24, 2.45) is 11.0 Å². The number of benzene rings is 2. The molecule has 0 aromatic heterocycles. The Morgan fingerprint density at radius 2 is 1.71 bits per heavy atom. The molecule has 1 saturated carbocycles. The molecule has 2 aromatic carbocycles. The number of halogens is 2. The smallest absolute Gasteiger partial charge is 0.257 e. The van der Waals surface area contributed by atoms with Gasteiger partial charge in [-0.25, -0.2) is 5.01 Å². The fourth-order valence-electron chi connectivity index (χ4n) is 5.60. The van der Waals surface area contributed by atoms with Crippen LogP contribution in [0.25, 0.3) is 6.08 Å². The highest BCUT2D eigenvalue weighted by molar-refractivity contribution is 6.30. The van der Waals surface area contributed by atoms with Crippen LogP contribution in [0.1, 0.15) is 62.6 Å². The van der Waals surface area contributed by atoms with Gasteiger partial charge in [0, 0.05) is 22.0 Å². The Morgan fingerprint density at radius 3 is 2.41 bits per heavy atom. The number of hydrogen-bond acceptors (Lipinski definition) is 3. The number of hydrazone groups is 1. The van der Waals surface area contributed by atoms with E-state index in [1.54, 1.807) is 5.01 Å². The summed E-state index contributed by atoms with van der Waals surface area (Å²) in [4.78, 5) is 16.0. The summed E-state index contributed by atoms with van der Waals surface area (Å²) in [6.07, 6.45) is 8.83. The molecule has 178 valence electrons. The molecule has 0 spiro atoms. The van der Waals surface area contributed by atoms with E-state index < -0.39 is 0 Å². The molecule has 34 heavy (non-hydrogen) atoms. The first-order valence-electron chi connectivity index (χ1n) is 12.4. The molecule has 2 aliphatic heterocycles. The standard InChI is InChI=1S/C28H31Cl2N3O/c1-19-5-2-3-16-32(19)18-26(34)33-28(21-10-14-24(30)15-11-21)25-7-4-6-22(27(25)31-33)17-20-8-12-23(29)13-9-20/h8-15,17,19,25,28H,2-7,16,18H2,1H3/b22-17-/t19-,25-,28-/m0/s1. The maximum absolute atomic E-state index is 13.7. The minimum absolute atomic E-state index is 0.0847. The quantitative estimate of drug-likeness (QED) is 0.457. The highest BCUT2D eigenvalue weighted by atomic mass is 35.5. The molecule has 2 fully saturated rings. The van der Waals surface area contributed by atoms with Crippen molar-refractivity contribution in [3.8, 4) is 0 Å². The van der Waals surface area contributed by atoms with Gasteiger partial charge in [0.05, 0.1) is 18.3 Å². The van der Waals surface area contributed by atoms with E-state index in [0.717, 1.165) is 60.5 Å². The lowest BCUT2D eigenvalue weighted by Crippen LogP contribution is -2.45. The Morgan fingerprint density at radius 1 is 1.00 bits per heavy atom. The van der Waals surface area contributed by atoms with Crippen molar-refractivity contribution >= 4 is 40.9 Å². The van der Waals surface area contributed by atoms with E-state index in [2.05, 4.69) is 17.9 Å². The predicted octanol–water partition coefficient (Wildman–Crippen LogP) is 6.99. The molecule has 0 bridgehead atoms. The second kappa shape index (κ2) is 10.2. The molecular formula is C28H31Cl2N3O. The number of fused-ring (bicyclic) bond motifs is 1. The van der Waals surface area contributed by atoms with Gasteiger partial charge in [-0.3, -0.25) is 9.69 Å². The minimum atomic E-state index is -0.0891. The highest BCUT2D eigenvalue weighted by Gasteiger charge is 2.44. The number of likely N-dealkylation sites (tertiary alicyclic amines) is 1. The van der Waals surface area contributed by atoms with Gasteiger partial charge in [-0.1, -0.05) is 53.9 Å². The zero-order valence-corrected chi connectivity index (χ0v) is 21.1. The van der Waals surface area contributed by atoms with Gasteiger partial charge in [-0.05, 0) is 92.6 Å². The van der Waals surface area contributed by atoms with Gasteiger partial charge in [0.25, 0.3) is 5.91 Å². The summed E-state index contributed by atoms with van der Waals surface area (Å²) in [5, 5.41) is 8.24. The molecule has 3 aliphatic rings. The molecule has 3 atom stereocenters. The molecule has 0 unspecified atom stereocenters. The van der Waals surface area contributed by atoms with Crippen LogP contribution in [0.2, 0.25) is 10.0 Å². The third-order valence-electron chi connectivity index (χ3n) is 7.46. The van der Waals surface area contributed by atoms with Crippen LogP contribution in [0.5, 0.6) is 0 Å². The maximum Gasteiger partial charge on any atom is 0.257 e. The van der Waals surface area contributed by atoms with Crippen molar-refractivity contribution in [1.82, 2.24) is 9.91 Å². The Bertz CT molecular complexity index is 1090. The number of piperidine rings is 1. The van der Waals surface area contributed by atoms with Gasteiger partial charge < -0.3 is 0 Å². The molecule has 2 heterocycles. The molecule has 5 rings (SSSR count). The number of allylic oxidation sites excluding steroid dienone is 1. The monoisotopic (exact) mass is 495 g/mol. The van der Waals surface area contributed by atoms with Crippen molar-refractivity contribution in [2.75, 3.05) is 13.1 Å². The van der Waals surface area contributed by atoms with Crippen LogP contribution < -0.4 is 0 Å². The fraction of sp³-hybridized carbons (Fsp3) is 0.429. The lowest BCUT2D eigenvalue weighted by molar-refractivity contribution is -0.135. The molecule has 1 saturated heterocycles. The number of carbonyl (C=O) groups excluding carboxylic acids is 1. The second-order valence-electron chi connectivity index (χ2n) is 9.76. The van der Waals surface area contributed by atoms with E-state index in [-0.39, 0.29) is 17.9 Å². The van der Waals surface area contributed by atoms with E-state index in [1.165, 1.54) is 12.0 Å². The number of carbonyl (C=O) groups is 1. The molecular weight excluding hydrogens is 465 g/mol. The first-order valence-corrected chi connectivity index (χ1v) is 13.1. The third-order valence-corrected chi connectivity index (χ3v) is 7.96. The van der Waals surface area contributed by atoms with E-state index in [1.807, 2.05) is 48.5 Å². The van der Waals surface area contributed by atoms with Crippen molar-refractivity contribution in [2.45, 2.75) is 57.5 Å². The maximum atomic E-state index is 13.7. The Kier molecular flexibility index (Phi) is 7.10. The van der Waals surface area contributed by atoms with Gasteiger partial charge in [0.15, 0.2) is 0 Å². The SMILES string of the molecule is C[C@H]1CCCCN1CC(=O)N1N=C2/C(=C\c3ccc(Cl)cc3)CCC[C@@H]2[C@@H]1c1ccc(Cl)cc1. The molecule has 4 nitrogen and oxygen atoms in total. The second-order valence-corrected chi connectivity index (χ2v) is 10.6. The van der Waals surface area contributed by atoms with Gasteiger partial charge in [-0.15, -0.1) is 0 Å². The van der Waals surface area contributed by atoms with Crippen LogP contribution in [-0.2, 0) is 4.79 Å². The molecule has 6 heteroatoms.